The normalized spacial score (nSPS) is 12.1. The number of rotatable bonds is 4. The summed E-state index contributed by atoms with van der Waals surface area (Å²) in [4.78, 5) is 22.2. The van der Waals surface area contributed by atoms with Crippen LogP contribution in [0.2, 0.25) is 0 Å². The van der Waals surface area contributed by atoms with Crippen molar-refractivity contribution in [2.75, 3.05) is 0 Å². The van der Waals surface area contributed by atoms with E-state index in [1.165, 1.54) is 19.3 Å². The van der Waals surface area contributed by atoms with E-state index in [1.807, 2.05) is 0 Å². The number of carbonyl (C=O) groups excluding carboxylic acids is 1. The zero-order valence-corrected chi connectivity index (χ0v) is 9.41. The molecule has 0 saturated carbocycles. The standard InChI is InChI=1S/C11H10N2O5/c1-6(11(15)16)12-10(14)7-5-9(18-13-7)8-3-2-4-17-8/h2-6H,1H3,(H,12,14)(H,15,16)/t6-/m1/s1. The molecule has 1 atom stereocenters. The molecule has 0 aromatic carbocycles. The van der Waals surface area contributed by atoms with Crippen molar-refractivity contribution >= 4 is 11.9 Å². The highest BCUT2D eigenvalue weighted by Gasteiger charge is 2.19. The summed E-state index contributed by atoms with van der Waals surface area (Å²) in [5, 5.41) is 14.5. The van der Waals surface area contributed by atoms with Crippen LogP contribution in [0.25, 0.3) is 11.5 Å². The Morgan fingerprint density at radius 2 is 2.22 bits per heavy atom. The van der Waals surface area contributed by atoms with Crippen LogP contribution in [0, 0.1) is 0 Å². The zero-order valence-electron chi connectivity index (χ0n) is 9.41. The smallest absolute Gasteiger partial charge is 0.325 e. The van der Waals surface area contributed by atoms with Crippen LogP contribution in [-0.2, 0) is 4.79 Å². The fraction of sp³-hybridized carbons (Fsp3) is 0.182. The highest BCUT2D eigenvalue weighted by atomic mass is 16.5. The lowest BCUT2D eigenvalue weighted by Gasteiger charge is -2.06. The third-order valence-electron chi connectivity index (χ3n) is 2.22. The van der Waals surface area contributed by atoms with Gasteiger partial charge < -0.3 is 19.4 Å². The van der Waals surface area contributed by atoms with Gasteiger partial charge in [-0.1, -0.05) is 5.16 Å². The zero-order chi connectivity index (χ0) is 13.1. The van der Waals surface area contributed by atoms with E-state index in [1.54, 1.807) is 12.1 Å². The molecule has 0 aliphatic rings. The van der Waals surface area contributed by atoms with Crippen LogP contribution in [0.3, 0.4) is 0 Å². The van der Waals surface area contributed by atoms with Crippen LogP contribution in [0.15, 0.2) is 33.4 Å². The number of hydrogen-bond donors (Lipinski definition) is 2. The quantitative estimate of drug-likeness (QED) is 0.842. The third-order valence-corrected chi connectivity index (χ3v) is 2.22. The number of carboxylic acids is 1. The van der Waals surface area contributed by atoms with E-state index < -0.39 is 17.9 Å². The molecule has 7 heteroatoms. The molecular weight excluding hydrogens is 240 g/mol. The predicted octanol–water partition coefficient (Wildman–Crippen LogP) is 1.14. The fourth-order valence-corrected chi connectivity index (χ4v) is 1.25. The molecule has 0 aliphatic heterocycles. The first kappa shape index (κ1) is 11.9. The molecule has 0 bridgehead atoms. The van der Waals surface area contributed by atoms with Gasteiger partial charge in [-0.05, 0) is 19.1 Å². The molecular formula is C11H10N2O5. The van der Waals surface area contributed by atoms with Gasteiger partial charge in [-0.15, -0.1) is 0 Å². The minimum Gasteiger partial charge on any atom is -0.480 e. The Hall–Kier alpha value is -2.57. The van der Waals surface area contributed by atoms with E-state index in [0.717, 1.165) is 0 Å². The highest BCUT2D eigenvalue weighted by Crippen LogP contribution is 2.20. The van der Waals surface area contributed by atoms with Gasteiger partial charge in [0.15, 0.2) is 11.5 Å². The van der Waals surface area contributed by atoms with Crippen LogP contribution >= 0.6 is 0 Å². The average Bonchev–Trinajstić information content (AvgIpc) is 2.99. The molecule has 0 unspecified atom stereocenters. The van der Waals surface area contributed by atoms with E-state index >= 15 is 0 Å². The molecule has 0 fully saturated rings. The van der Waals surface area contributed by atoms with Crippen LogP contribution in [0.1, 0.15) is 17.4 Å². The summed E-state index contributed by atoms with van der Waals surface area (Å²) in [5.74, 6) is -1.01. The van der Waals surface area contributed by atoms with Crippen molar-refractivity contribution in [2.45, 2.75) is 13.0 Å². The molecule has 0 spiro atoms. The van der Waals surface area contributed by atoms with Gasteiger partial charge in [0.25, 0.3) is 5.91 Å². The Morgan fingerprint density at radius 3 is 2.83 bits per heavy atom. The van der Waals surface area contributed by atoms with Crippen molar-refractivity contribution in [3.63, 3.8) is 0 Å². The monoisotopic (exact) mass is 250 g/mol. The Labute approximate surface area is 101 Å². The second-order valence-electron chi connectivity index (χ2n) is 3.59. The summed E-state index contributed by atoms with van der Waals surface area (Å²) in [6.45, 7) is 1.35. The number of nitrogens with one attached hydrogen (secondary N) is 1. The number of carboxylic acid groups (broad SMARTS) is 1. The van der Waals surface area contributed by atoms with E-state index in [0.29, 0.717) is 11.5 Å². The lowest BCUT2D eigenvalue weighted by Crippen LogP contribution is -2.38. The van der Waals surface area contributed by atoms with Crippen molar-refractivity contribution < 1.29 is 23.6 Å². The maximum absolute atomic E-state index is 11.6. The van der Waals surface area contributed by atoms with Gasteiger partial charge in [0.2, 0.25) is 5.76 Å². The summed E-state index contributed by atoms with van der Waals surface area (Å²) in [5.41, 5.74) is -0.00509. The molecule has 2 rings (SSSR count). The number of hydrogen-bond acceptors (Lipinski definition) is 5. The van der Waals surface area contributed by atoms with Crippen LogP contribution in [0.4, 0.5) is 0 Å². The van der Waals surface area contributed by atoms with E-state index in [9.17, 15) is 9.59 Å². The maximum atomic E-state index is 11.6. The van der Waals surface area contributed by atoms with Gasteiger partial charge in [0.05, 0.1) is 6.26 Å². The molecule has 7 nitrogen and oxygen atoms in total. The fourth-order valence-electron chi connectivity index (χ4n) is 1.25. The Bertz CT molecular complexity index is 558. The number of nitrogens with zero attached hydrogens (tertiary/aromatic N) is 1. The molecule has 18 heavy (non-hydrogen) atoms. The van der Waals surface area contributed by atoms with Crippen LogP contribution in [-0.4, -0.2) is 28.2 Å². The summed E-state index contributed by atoms with van der Waals surface area (Å²) < 4.78 is 9.99. The molecule has 0 aliphatic carbocycles. The van der Waals surface area contributed by atoms with Gasteiger partial charge in [-0.25, -0.2) is 0 Å². The summed E-state index contributed by atoms with van der Waals surface area (Å²) in [7, 11) is 0. The van der Waals surface area contributed by atoms with Crippen LogP contribution in [0.5, 0.6) is 0 Å². The van der Waals surface area contributed by atoms with Gasteiger partial charge in [-0.3, -0.25) is 9.59 Å². The molecule has 0 radical (unpaired) electrons. The second-order valence-corrected chi connectivity index (χ2v) is 3.59. The molecule has 0 saturated heterocycles. The molecule has 2 aromatic heterocycles. The first-order valence-electron chi connectivity index (χ1n) is 5.12. The van der Waals surface area contributed by atoms with Crippen molar-refractivity contribution in [1.82, 2.24) is 10.5 Å². The van der Waals surface area contributed by atoms with Crippen molar-refractivity contribution in [3.8, 4) is 11.5 Å². The summed E-state index contributed by atoms with van der Waals surface area (Å²) in [6.07, 6.45) is 1.46. The Balaban J connectivity index is 2.11. The molecule has 1 amide bonds. The molecule has 94 valence electrons. The first-order valence-corrected chi connectivity index (χ1v) is 5.12. The number of aliphatic carboxylic acids is 1. The van der Waals surface area contributed by atoms with Crippen LogP contribution < -0.4 is 5.32 Å². The molecule has 2 heterocycles. The Kier molecular flexibility index (Phi) is 3.13. The largest absolute Gasteiger partial charge is 0.480 e. The molecule has 2 aromatic rings. The number of carbonyl (C=O) groups is 2. The average molecular weight is 250 g/mol. The SMILES string of the molecule is C[C@@H](NC(=O)c1cc(-c2ccco2)on1)C(=O)O. The second kappa shape index (κ2) is 4.74. The third kappa shape index (κ3) is 2.40. The van der Waals surface area contributed by atoms with E-state index in [4.69, 9.17) is 14.0 Å². The minimum atomic E-state index is -1.13. The highest BCUT2D eigenvalue weighted by molar-refractivity contribution is 5.95. The number of amides is 1. The van der Waals surface area contributed by atoms with E-state index in [2.05, 4.69) is 10.5 Å². The summed E-state index contributed by atoms with van der Waals surface area (Å²) in [6, 6.07) is 3.70. The number of furan rings is 1. The topological polar surface area (TPSA) is 106 Å². The lowest BCUT2D eigenvalue weighted by atomic mass is 10.3. The Morgan fingerprint density at radius 1 is 1.44 bits per heavy atom. The maximum Gasteiger partial charge on any atom is 0.325 e. The van der Waals surface area contributed by atoms with Crippen molar-refractivity contribution in [3.05, 3.63) is 30.2 Å². The lowest BCUT2D eigenvalue weighted by molar-refractivity contribution is -0.138. The van der Waals surface area contributed by atoms with Gasteiger partial charge >= 0.3 is 5.97 Å². The van der Waals surface area contributed by atoms with Crippen molar-refractivity contribution in [1.29, 1.82) is 0 Å². The van der Waals surface area contributed by atoms with Gasteiger partial charge in [0.1, 0.15) is 6.04 Å². The summed E-state index contributed by atoms with van der Waals surface area (Å²) >= 11 is 0. The molecule has 2 N–H and O–H groups in total. The van der Waals surface area contributed by atoms with Gasteiger partial charge in [0, 0.05) is 6.07 Å². The first-order chi connectivity index (χ1) is 8.58. The van der Waals surface area contributed by atoms with E-state index in [-0.39, 0.29) is 5.69 Å². The minimum absolute atomic E-state index is 0.00509. The predicted molar refractivity (Wildman–Crippen MR) is 58.8 cm³/mol. The van der Waals surface area contributed by atoms with Gasteiger partial charge in [-0.2, -0.15) is 0 Å². The van der Waals surface area contributed by atoms with Crippen molar-refractivity contribution in [2.24, 2.45) is 0 Å². The number of aromatic nitrogens is 1.